The summed E-state index contributed by atoms with van der Waals surface area (Å²) < 4.78 is 0. The maximum atomic E-state index is 9.69. The van der Waals surface area contributed by atoms with Crippen LogP contribution in [0, 0.1) is 0 Å². The van der Waals surface area contributed by atoms with Gasteiger partial charge in [-0.2, -0.15) is 0 Å². The summed E-state index contributed by atoms with van der Waals surface area (Å²) in [6.07, 6.45) is 3.76. The van der Waals surface area contributed by atoms with Crippen LogP contribution >= 0.6 is 0 Å². The molecule has 0 aliphatic heterocycles. The minimum Gasteiger partial charge on any atom is -0.393 e. The van der Waals surface area contributed by atoms with Crippen molar-refractivity contribution in [2.75, 3.05) is 0 Å². The fourth-order valence-corrected chi connectivity index (χ4v) is 1.63. The van der Waals surface area contributed by atoms with E-state index in [1.807, 2.05) is 6.92 Å². The fraction of sp³-hybridized carbons (Fsp3) is 1.00. The molecule has 1 aliphatic carbocycles. The highest BCUT2D eigenvalue weighted by Gasteiger charge is 2.31. The van der Waals surface area contributed by atoms with Crippen LogP contribution in [0.4, 0.5) is 0 Å². The van der Waals surface area contributed by atoms with Gasteiger partial charge in [0.05, 0.1) is 11.7 Å². The molecule has 0 aromatic rings. The molecule has 0 bridgehead atoms. The van der Waals surface area contributed by atoms with Crippen LogP contribution in [0.1, 0.15) is 39.0 Å². The molecule has 60 valence electrons. The molecule has 1 fully saturated rings. The molecule has 0 aromatic carbocycles. The highest BCUT2D eigenvalue weighted by atomic mass is 16.3. The predicted octanol–water partition coefficient (Wildman–Crippen LogP) is 1.06. The third kappa shape index (κ3) is 1.70. The first-order valence-corrected chi connectivity index (χ1v) is 4.07. The Morgan fingerprint density at radius 1 is 1.60 bits per heavy atom. The lowest BCUT2D eigenvalue weighted by atomic mass is 9.81. The molecule has 10 heavy (non-hydrogen) atoms. The Kier molecular flexibility index (Phi) is 2.32. The summed E-state index contributed by atoms with van der Waals surface area (Å²) in [6.45, 7) is 1.97. The van der Waals surface area contributed by atoms with E-state index in [4.69, 9.17) is 0 Å². The molecule has 1 rings (SSSR count). The molecule has 2 N–H and O–H groups in total. The smallest absolute Gasteiger partial charge is 0.0669 e. The maximum Gasteiger partial charge on any atom is 0.0669 e. The van der Waals surface area contributed by atoms with Crippen molar-refractivity contribution in [2.24, 2.45) is 0 Å². The van der Waals surface area contributed by atoms with Crippen LogP contribution in [0.25, 0.3) is 0 Å². The van der Waals surface area contributed by atoms with Gasteiger partial charge in [-0.25, -0.2) is 0 Å². The number of hydrogen-bond acceptors (Lipinski definition) is 2. The number of hydrogen-bond donors (Lipinski definition) is 2. The normalized spacial score (nSPS) is 41.7. The average molecular weight is 144 g/mol. The molecular weight excluding hydrogens is 128 g/mol. The van der Waals surface area contributed by atoms with Crippen LogP contribution in [-0.2, 0) is 0 Å². The van der Waals surface area contributed by atoms with Crippen LogP contribution < -0.4 is 0 Å². The first-order chi connectivity index (χ1) is 4.66. The number of aliphatic hydroxyl groups is 2. The number of aliphatic hydroxyl groups excluding tert-OH is 1. The quantitative estimate of drug-likeness (QED) is 0.577. The summed E-state index contributed by atoms with van der Waals surface area (Å²) in [7, 11) is 0. The second kappa shape index (κ2) is 2.89. The van der Waals surface area contributed by atoms with Gasteiger partial charge in [0.2, 0.25) is 0 Å². The van der Waals surface area contributed by atoms with Crippen LogP contribution in [0.15, 0.2) is 0 Å². The third-order valence-electron chi connectivity index (χ3n) is 2.45. The van der Waals surface area contributed by atoms with Gasteiger partial charge >= 0.3 is 0 Å². The van der Waals surface area contributed by atoms with Gasteiger partial charge in [0.1, 0.15) is 0 Å². The van der Waals surface area contributed by atoms with Crippen molar-refractivity contribution in [1.29, 1.82) is 0 Å². The van der Waals surface area contributed by atoms with E-state index < -0.39 is 5.60 Å². The van der Waals surface area contributed by atoms with Gasteiger partial charge < -0.3 is 10.2 Å². The maximum absolute atomic E-state index is 9.69. The zero-order valence-corrected chi connectivity index (χ0v) is 6.51. The Balaban J connectivity index is 2.45. The van der Waals surface area contributed by atoms with Gasteiger partial charge in [0.15, 0.2) is 0 Å². The Bertz CT molecular complexity index is 114. The van der Waals surface area contributed by atoms with E-state index in [0.29, 0.717) is 6.42 Å². The van der Waals surface area contributed by atoms with E-state index in [2.05, 4.69) is 0 Å². The van der Waals surface area contributed by atoms with Crippen molar-refractivity contribution in [3.05, 3.63) is 0 Å². The predicted molar refractivity (Wildman–Crippen MR) is 39.7 cm³/mol. The highest BCUT2D eigenvalue weighted by Crippen LogP contribution is 2.30. The van der Waals surface area contributed by atoms with Crippen molar-refractivity contribution in [2.45, 2.75) is 50.7 Å². The minimum absolute atomic E-state index is 0.265. The Morgan fingerprint density at radius 2 is 2.30 bits per heavy atom. The topological polar surface area (TPSA) is 40.5 Å². The molecule has 2 heteroatoms. The second-order valence-corrected chi connectivity index (χ2v) is 3.33. The summed E-state index contributed by atoms with van der Waals surface area (Å²) >= 11 is 0. The van der Waals surface area contributed by atoms with E-state index in [-0.39, 0.29) is 6.10 Å². The van der Waals surface area contributed by atoms with Gasteiger partial charge in [-0.1, -0.05) is 6.92 Å². The first kappa shape index (κ1) is 8.02. The summed E-state index contributed by atoms with van der Waals surface area (Å²) in [5.41, 5.74) is -0.558. The number of rotatable bonds is 1. The van der Waals surface area contributed by atoms with Crippen molar-refractivity contribution >= 4 is 0 Å². The molecule has 1 saturated carbocycles. The molecule has 0 radical (unpaired) electrons. The summed E-state index contributed by atoms with van der Waals surface area (Å²) in [5.74, 6) is 0. The van der Waals surface area contributed by atoms with Crippen molar-refractivity contribution in [1.82, 2.24) is 0 Å². The van der Waals surface area contributed by atoms with Gasteiger partial charge in [-0.3, -0.25) is 0 Å². The van der Waals surface area contributed by atoms with E-state index in [9.17, 15) is 10.2 Å². The molecule has 0 amide bonds. The van der Waals surface area contributed by atoms with Crippen LogP contribution in [0.2, 0.25) is 0 Å². The average Bonchev–Trinajstić information content (AvgIpc) is 1.88. The molecule has 0 saturated heterocycles. The lowest BCUT2D eigenvalue weighted by molar-refractivity contribution is -0.0472. The van der Waals surface area contributed by atoms with Crippen molar-refractivity contribution in [3.63, 3.8) is 0 Å². The van der Waals surface area contributed by atoms with E-state index in [1.165, 1.54) is 0 Å². The van der Waals surface area contributed by atoms with Crippen LogP contribution in [0.5, 0.6) is 0 Å². The van der Waals surface area contributed by atoms with Crippen molar-refractivity contribution < 1.29 is 10.2 Å². The molecule has 0 heterocycles. The zero-order valence-electron chi connectivity index (χ0n) is 6.51. The first-order valence-electron chi connectivity index (χ1n) is 4.07. The Hall–Kier alpha value is -0.0800. The second-order valence-electron chi connectivity index (χ2n) is 3.33. The molecule has 0 spiro atoms. The van der Waals surface area contributed by atoms with E-state index in [1.54, 1.807) is 0 Å². The Morgan fingerprint density at radius 3 is 2.70 bits per heavy atom. The monoisotopic (exact) mass is 144 g/mol. The van der Waals surface area contributed by atoms with Gasteiger partial charge in [0.25, 0.3) is 0 Å². The molecule has 2 unspecified atom stereocenters. The zero-order chi connectivity index (χ0) is 7.61. The Labute approximate surface area is 61.9 Å². The largest absolute Gasteiger partial charge is 0.393 e. The fourth-order valence-electron chi connectivity index (χ4n) is 1.63. The van der Waals surface area contributed by atoms with Gasteiger partial charge in [0, 0.05) is 6.42 Å². The van der Waals surface area contributed by atoms with Gasteiger partial charge in [-0.05, 0) is 25.7 Å². The lowest BCUT2D eigenvalue weighted by Gasteiger charge is -2.33. The van der Waals surface area contributed by atoms with Crippen LogP contribution in [-0.4, -0.2) is 21.9 Å². The molecule has 2 atom stereocenters. The summed E-state index contributed by atoms with van der Waals surface area (Å²) in [4.78, 5) is 0. The summed E-state index contributed by atoms with van der Waals surface area (Å²) in [6, 6.07) is 0. The third-order valence-corrected chi connectivity index (χ3v) is 2.45. The molecule has 1 aliphatic rings. The molecule has 0 aromatic heterocycles. The van der Waals surface area contributed by atoms with Crippen LogP contribution in [0.3, 0.4) is 0 Å². The van der Waals surface area contributed by atoms with Gasteiger partial charge in [-0.15, -0.1) is 0 Å². The SMILES string of the molecule is CCC1(O)CCCC(O)C1. The molecular formula is C8H16O2. The van der Waals surface area contributed by atoms with Crippen molar-refractivity contribution in [3.8, 4) is 0 Å². The highest BCUT2D eigenvalue weighted by molar-refractivity contribution is 4.84. The minimum atomic E-state index is -0.558. The molecule has 2 nitrogen and oxygen atoms in total. The lowest BCUT2D eigenvalue weighted by Crippen LogP contribution is -2.36. The van der Waals surface area contributed by atoms with E-state index >= 15 is 0 Å². The standard InChI is InChI=1S/C8H16O2/c1-2-8(10)5-3-4-7(9)6-8/h7,9-10H,2-6H2,1H3. The summed E-state index contributed by atoms with van der Waals surface area (Å²) in [5, 5.41) is 18.9. The van der Waals surface area contributed by atoms with E-state index in [0.717, 1.165) is 25.7 Å².